The van der Waals surface area contributed by atoms with Gasteiger partial charge in [-0.3, -0.25) is 0 Å². The topological polar surface area (TPSA) is 0 Å². The summed E-state index contributed by atoms with van der Waals surface area (Å²) in [6, 6.07) is 18.4. The van der Waals surface area contributed by atoms with Crippen molar-refractivity contribution >= 4 is 21.7 Å². The summed E-state index contributed by atoms with van der Waals surface area (Å²) in [7, 11) is 0.750. The van der Waals surface area contributed by atoms with E-state index in [9.17, 15) is 0 Å². The average Bonchev–Trinajstić information content (AvgIpc) is 3.27. The van der Waals surface area contributed by atoms with Gasteiger partial charge in [0.2, 0.25) is 0 Å². The average molecular weight is 582 g/mol. The van der Waals surface area contributed by atoms with Gasteiger partial charge < -0.3 is 0 Å². The summed E-state index contributed by atoms with van der Waals surface area (Å²) in [4.78, 5) is 0. The van der Waals surface area contributed by atoms with Gasteiger partial charge >= 0.3 is 170 Å². The molecule has 0 aromatic heterocycles. The van der Waals surface area contributed by atoms with Crippen LogP contribution in [0.2, 0.25) is 22.5 Å². The number of allylic oxidation sites excluding steroid dienone is 2. The molecule has 0 heterocycles. The van der Waals surface area contributed by atoms with Gasteiger partial charge in [0, 0.05) is 9.52 Å². The molecule has 0 aliphatic heterocycles. The standard InChI is InChI=1S/2C12H13.C2H7Si.2CH3.Hf/c2*1-2-5-10-8-11-6-3-4-7-12(11)9-10;1-3-2;;;/h2*3-4,6-9H,2,5H2,1H3;3H,1-2H3;2*1H3;. The SMILES string of the molecule is CCCC1=Cc2ccccc2[CH]1[Hf]([CH3])([CH3])[CH]1C(CCC)=Cc2ccccc21.C[SiH]C. The number of hydrogen-bond donors (Lipinski definition) is 0. The van der Waals surface area contributed by atoms with E-state index in [1.54, 1.807) is 22.3 Å². The zero-order chi connectivity index (χ0) is 21.7. The molecule has 159 valence electrons. The van der Waals surface area contributed by atoms with Crippen LogP contribution in [0.5, 0.6) is 0 Å². The number of hydrogen-bond acceptors (Lipinski definition) is 0. The minimum absolute atomic E-state index is 0.727. The molecule has 2 heteroatoms. The Labute approximate surface area is 192 Å². The van der Waals surface area contributed by atoms with Gasteiger partial charge in [0.1, 0.15) is 0 Å². The van der Waals surface area contributed by atoms with Gasteiger partial charge in [0.15, 0.2) is 0 Å². The van der Waals surface area contributed by atoms with E-state index in [0.29, 0.717) is 0 Å². The van der Waals surface area contributed by atoms with Crippen LogP contribution >= 0.6 is 0 Å². The zero-order valence-corrected chi connectivity index (χ0v) is 24.6. The van der Waals surface area contributed by atoms with E-state index in [1.165, 1.54) is 36.8 Å². The van der Waals surface area contributed by atoms with Gasteiger partial charge in [0.25, 0.3) is 0 Å². The molecule has 30 heavy (non-hydrogen) atoms. The fourth-order valence-corrected chi connectivity index (χ4v) is 23.1. The molecule has 2 aromatic rings. The van der Waals surface area contributed by atoms with Crippen LogP contribution in [0.15, 0.2) is 59.7 Å². The molecule has 0 saturated carbocycles. The van der Waals surface area contributed by atoms with Gasteiger partial charge in [-0.15, -0.1) is 0 Å². The van der Waals surface area contributed by atoms with Crippen LogP contribution in [0.1, 0.15) is 69.1 Å². The molecule has 0 amide bonds. The fraction of sp³-hybridized carbons (Fsp3) is 0.429. The van der Waals surface area contributed by atoms with Crippen LogP contribution in [0, 0.1) is 0 Å². The van der Waals surface area contributed by atoms with Crippen molar-refractivity contribution in [3.8, 4) is 0 Å². The second kappa shape index (κ2) is 10.5. The molecule has 0 fully saturated rings. The molecule has 0 bridgehead atoms. The maximum atomic E-state index is 2.74. The molecule has 2 aliphatic carbocycles. The van der Waals surface area contributed by atoms with Crippen molar-refractivity contribution in [1.29, 1.82) is 0 Å². The van der Waals surface area contributed by atoms with E-state index in [2.05, 4.69) is 97.0 Å². The Balaban J connectivity index is 0.000000806. The van der Waals surface area contributed by atoms with Gasteiger partial charge in [0.05, 0.1) is 0 Å². The first-order chi connectivity index (χ1) is 14.5. The Kier molecular flexibility index (Phi) is 8.32. The maximum Gasteiger partial charge on any atom is 0.0213 e. The van der Waals surface area contributed by atoms with Crippen molar-refractivity contribution in [3.05, 3.63) is 81.9 Å². The van der Waals surface area contributed by atoms with E-state index in [0.717, 1.165) is 16.9 Å². The van der Waals surface area contributed by atoms with Gasteiger partial charge in [-0.2, -0.15) is 0 Å². The predicted octanol–water partition coefficient (Wildman–Crippen LogP) is 8.63. The molecule has 2 atom stereocenters. The van der Waals surface area contributed by atoms with Crippen molar-refractivity contribution < 1.29 is 20.0 Å². The second-order valence-corrected chi connectivity index (χ2v) is 27.9. The summed E-state index contributed by atoms with van der Waals surface area (Å²) < 4.78 is 6.93. The maximum absolute atomic E-state index is 2.78. The van der Waals surface area contributed by atoms with Gasteiger partial charge in [-0.1, -0.05) is 13.1 Å². The fourth-order valence-electron chi connectivity index (χ4n) is 5.71. The molecule has 2 aromatic carbocycles. The third kappa shape index (κ3) is 4.60. The van der Waals surface area contributed by atoms with Gasteiger partial charge in [-0.05, 0) is 0 Å². The van der Waals surface area contributed by atoms with E-state index >= 15 is 0 Å². The molecule has 1 radical (unpaired) electrons. The van der Waals surface area contributed by atoms with Crippen molar-refractivity contribution in [1.82, 2.24) is 0 Å². The Hall–Kier alpha value is -0.993. The molecule has 2 aliphatic rings. The largest absolute Gasteiger partial charge is 0.0743 e. The van der Waals surface area contributed by atoms with Crippen molar-refractivity contribution in [2.24, 2.45) is 0 Å². The van der Waals surface area contributed by atoms with Crippen molar-refractivity contribution in [2.75, 3.05) is 0 Å². The number of rotatable bonds is 6. The van der Waals surface area contributed by atoms with Crippen LogP contribution in [0.4, 0.5) is 0 Å². The quantitative estimate of drug-likeness (QED) is 0.300. The van der Waals surface area contributed by atoms with Gasteiger partial charge in [-0.25, -0.2) is 0 Å². The van der Waals surface area contributed by atoms with E-state index < -0.39 is 20.0 Å². The van der Waals surface area contributed by atoms with E-state index in [1.807, 2.05) is 0 Å². The van der Waals surface area contributed by atoms with Crippen LogP contribution < -0.4 is 0 Å². The summed E-state index contributed by atoms with van der Waals surface area (Å²) in [6.07, 6.45) is 10.1. The predicted molar refractivity (Wildman–Crippen MR) is 135 cm³/mol. The first-order valence-corrected chi connectivity index (χ1v) is 25.5. The first-order valence-electron chi connectivity index (χ1n) is 11.8. The summed E-state index contributed by atoms with van der Waals surface area (Å²) in [5, 5.41) is 0. The molecule has 0 N–H and O–H groups in total. The van der Waals surface area contributed by atoms with E-state index in [4.69, 9.17) is 0 Å². The Morgan fingerprint density at radius 2 is 1.07 bits per heavy atom. The van der Waals surface area contributed by atoms with Crippen LogP contribution in [-0.4, -0.2) is 9.52 Å². The van der Waals surface area contributed by atoms with Crippen molar-refractivity contribution in [3.63, 3.8) is 0 Å². The third-order valence-electron chi connectivity index (χ3n) is 6.60. The molecule has 0 nitrogen and oxygen atoms in total. The minimum atomic E-state index is -2.78. The zero-order valence-electron chi connectivity index (χ0n) is 19.8. The van der Waals surface area contributed by atoms with Crippen LogP contribution in [0.3, 0.4) is 0 Å². The van der Waals surface area contributed by atoms with Crippen LogP contribution in [-0.2, 0) is 20.0 Å². The smallest absolute Gasteiger partial charge is 0.0213 e. The third-order valence-corrected chi connectivity index (χ3v) is 22.2. The monoisotopic (exact) mass is 583 g/mol. The Bertz CT molecular complexity index is 848. The normalized spacial score (nSPS) is 19.4. The summed E-state index contributed by atoms with van der Waals surface area (Å²) in [5.41, 5.74) is 9.70. The second-order valence-electron chi connectivity index (χ2n) is 9.46. The molecular weight excluding hydrogens is 543 g/mol. The summed E-state index contributed by atoms with van der Waals surface area (Å²) in [5.74, 6) is 0. The number of benzene rings is 2. The molecule has 2 unspecified atom stereocenters. The Morgan fingerprint density at radius 1 is 0.700 bits per heavy atom. The molecule has 0 saturated heterocycles. The first kappa shape index (κ1) is 23.7. The summed E-state index contributed by atoms with van der Waals surface area (Å²) in [6.45, 7) is 9.08. The molecular formula is C28H39HfSi. The summed E-state index contributed by atoms with van der Waals surface area (Å²) >= 11 is -2.78. The van der Waals surface area contributed by atoms with E-state index in [-0.39, 0.29) is 0 Å². The Morgan fingerprint density at radius 3 is 1.43 bits per heavy atom. The molecule has 0 spiro atoms. The van der Waals surface area contributed by atoms with Crippen molar-refractivity contribution in [2.45, 2.75) is 69.3 Å². The van der Waals surface area contributed by atoms with Crippen LogP contribution in [0.25, 0.3) is 12.2 Å². The molecule has 4 rings (SSSR count). The minimum Gasteiger partial charge on any atom is -0.0743 e. The number of fused-ring (bicyclic) bond motifs is 2.